The average Bonchev–Trinajstić information content (AvgIpc) is 2.86. The number of anilines is 1. The van der Waals surface area contributed by atoms with E-state index in [1.165, 1.54) is 12.1 Å². The van der Waals surface area contributed by atoms with Crippen LogP contribution in [0.4, 0.5) is 18.9 Å². The van der Waals surface area contributed by atoms with Gasteiger partial charge in [0.15, 0.2) is 11.5 Å². The van der Waals surface area contributed by atoms with Crippen molar-refractivity contribution in [2.24, 2.45) is 0 Å². The number of halogens is 3. The van der Waals surface area contributed by atoms with Crippen LogP contribution in [0.3, 0.4) is 0 Å². The van der Waals surface area contributed by atoms with Crippen LogP contribution in [0.2, 0.25) is 0 Å². The van der Waals surface area contributed by atoms with Crippen molar-refractivity contribution >= 4 is 17.4 Å². The molecule has 2 aromatic carbocycles. The zero-order chi connectivity index (χ0) is 26.4. The summed E-state index contributed by atoms with van der Waals surface area (Å²) in [5.41, 5.74) is 3.48. The summed E-state index contributed by atoms with van der Waals surface area (Å²) in [5.74, 6) is -1.41. The first kappa shape index (κ1) is 26.3. The Kier molecular flexibility index (Phi) is 8.20. The topological polar surface area (TPSA) is 80.8 Å². The van der Waals surface area contributed by atoms with Crippen molar-refractivity contribution in [1.29, 1.82) is 0 Å². The second-order valence-corrected chi connectivity index (χ2v) is 8.68. The number of nitrogens with one attached hydrogen (secondary N) is 1. The molecule has 1 amide bonds. The highest BCUT2D eigenvalue weighted by Crippen LogP contribution is 2.32. The molecular formula is C27H26F3N3O4. The molecule has 37 heavy (non-hydrogen) atoms. The lowest BCUT2D eigenvalue weighted by Gasteiger charge is -2.26. The van der Waals surface area contributed by atoms with Gasteiger partial charge in [-0.2, -0.15) is 0 Å². The van der Waals surface area contributed by atoms with Crippen molar-refractivity contribution in [2.75, 3.05) is 38.2 Å². The Balaban J connectivity index is 1.48. The maximum atomic E-state index is 13.0. The molecule has 7 nitrogen and oxygen atoms in total. The van der Waals surface area contributed by atoms with Gasteiger partial charge in [0, 0.05) is 42.5 Å². The summed E-state index contributed by atoms with van der Waals surface area (Å²) >= 11 is 0. The minimum absolute atomic E-state index is 0.0180. The zero-order valence-electron chi connectivity index (χ0n) is 20.2. The number of aromatic nitrogens is 1. The van der Waals surface area contributed by atoms with E-state index in [1.807, 2.05) is 48.2 Å². The Hall–Kier alpha value is -3.76. The van der Waals surface area contributed by atoms with Crippen molar-refractivity contribution in [3.05, 3.63) is 77.6 Å². The number of amides is 1. The van der Waals surface area contributed by atoms with Crippen LogP contribution < -0.4 is 10.1 Å². The van der Waals surface area contributed by atoms with E-state index in [4.69, 9.17) is 4.74 Å². The molecule has 10 heteroatoms. The van der Waals surface area contributed by atoms with Gasteiger partial charge in [-0.15, -0.1) is 13.2 Å². The first-order chi connectivity index (χ1) is 17.7. The Bertz CT molecular complexity index is 1240. The van der Waals surface area contributed by atoms with Gasteiger partial charge in [-0.05, 0) is 42.3 Å². The maximum Gasteiger partial charge on any atom is 0.573 e. The average molecular weight is 514 g/mol. The molecule has 1 fully saturated rings. The molecule has 0 bridgehead atoms. The number of nitrogens with zero attached hydrogens (tertiary/aromatic N) is 2. The summed E-state index contributed by atoms with van der Waals surface area (Å²) in [6, 6.07) is 14.8. The van der Waals surface area contributed by atoms with Crippen LogP contribution in [0, 0.1) is 6.92 Å². The van der Waals surface area contributed by atoms with Gasteiger partial charge in [0.25, 0.3) is 0 Å². The summed E-state index contributed by atoms with van der Waals surface area (Å²) in [6.45, 7) is 3.91. The number of carbonyl (C=O) groups is 2. The molecule has 1 aliphatic rings. The van der Waals surface area contributed by atoms with Crippen LogP contribution in [0.1, 0.15) is 21.6 Å². The number of pyridine rings is 1. The van der Waals surface area contributed by atoms with Gasteiger partial charge in [-0.1, -0.05) is 30.3 Å². The van der Waals surface area contributed by atoms with Crippen LogP contribution in [0.15, 0.2) is 60.8 Å². The number of rotatable bonds is 8. The van der Waals surface area contributed by atoms with Crippen molar-refractivity contribution in [2.45, 2.75) is 19.7 Å². The molecule has 194 valence electrons. The van der Waals surface area contributed by atoms with Gasteiger partial charge in [-0.25, -0.2) is 0 Å². The summed E-state index contributed by atoms with van der Waals surface area (Å²) in [4.78, 5) is 31.6. The molecule has 0 radical (unpaired) electrons. The van der Waals surface area contributed by atoms with Crippen molar-refractivity contribution < 1.29 is 32.2 Å². The molecule has 0 saturated carbocycles. The molecule has 0 aliphatic carbocycles. The van der Waals surface area contributed by atoms with E-state index in [2.05, 4.69) is 15.0 Å². The summed E-state index contributed by atoms with van der Waals surface area (Å²) in [6.07, 6.45) is -3.15. The molecule has 0 spiro atoms. The lowest BCUT2D eigenvalue weighted by atomic mass is 9.99. The van der Waals surface area contributed by atoms with Gasteiger partial charge in [0.1, 0.15) is 0 Å². The lowest BCUT2D eigenvalue weighted by Crippen LogP contribution is -2.41. The van der Waals surface area contributed by atoms with Crippen LogP contribution in [-0.4, -0.2) is 60.8 Å². The predicted octanol–water partition coefficient (Wildman–Crippen LogP) is 4.65. The third-order valence-electron chi connectivity index (χ3n) is 5.84. The standard InChI is InChI=1S/C27H26F3N3O4/c1-18-2-5-22(16-31-18)20-6-3-19(4-7-20)14-24(34)21-8-9-25(37-27(28,29)30)23(15-21)32-26(35)17-33-10-12-36-13-11-33/h2-9,15-16H,10-14,17H2,1H3,(H,32,35). The fourth-order valence-electron chi connectivity index (χ4n) is 3.91. The molecule has 1 aromatic heterocycles. The number of alkyl halides is 3. The molecule has 1 saturated heterocycles. The van der Waals surface area contributed by atoms with E-state index in [0.29, 0.717) is 26.3 Å². The van der Waals surface area contributed by atoms with E-state index in [9.17, 15) is 22.8 Å². The molecule has 1 aliphatic heterocycles. The van der Waals surface area contributed by atoms with Crippen molar-refractivity contribution in [3.63, 3.8) is 0 Å². The first-order valence-corrected chi connectivity index (χ1v) is 11.7. The normalized spacial score (nSPS) is 14.3. The first-order valence-electron chi connectivity index (χ1n) is 11.7. The van der Waals surface area contributed by atoms with Gasteiger partial charge < -0.3 is 14.8 Å². The number of ketones is 1. The number of Topliss-reactive ketones (excluding diaryl/α,β-unsaturated/α-hetero) is 1. The van der Waals surface area contributed by atoms with Crippen LogP contribution >= 0.6 is 0 Å². The fourth-order valence-corrected chi connectivity index (χ4v) is 3.91. The van der Waals surface area contributed by atoms with Crippen LogP contribution in [0.25, 0.3) is 11.1 Å². The SMILES string of the molecule is Cc1ccc(-c2ccc(CC(=O)c3ccc(OC(F)(F)F)c(NC(=O)CN4CCOCC4)c3)cc2)cn1. The number of hydrogen-bond acceptors (Lipinski definition) is 6. The number of morpholine rings is 1. The number of hydrogen-bond donors (Lipinski definition) is 1. The van der Waals surface area contributed by atoms with Crippen LogP contribution in [-0.2, 0) is 16.0 Å². The summed E-state index contributed by atoms with van der Waals surface area (Å²) in [5, 5.41) is 2.46. The third-order valence-corrected chi connectivity index (χ3v) is 5.84. The predicted molar refractivity (Wildman–Crippen MR) is 131 cm³/mol. The number of carbonyl (C=O) groups excluding carboxylic acids is 2. The quantitative estimate of drug-likeness (QED) is 0.442. The Morgan fingerprint density at radius 3 is 2.38 bits per heavy atom. The van der Waals surface area contributed by atoms with Crippen molar-refractivity contribution in [1.82, 2.24) is 9.88 Å². The zero-order valence-corrected chi connectivity index (χ0v) is 20.2. The monoisotopic (exact) mass is 513 g/mol. The minimum Gasteiger partial charge on any atom is -0.404 e. The number of aryl methyl sites for hydroxylation is 1. The van der Waals surface area contributed by atoms with Gasteiger partial charge in [0.2, 0.25) is 5.91 Å². The molecule has 2 heterocycles. The Morgan fingerprint density at radius 2 is 1.73 bits per heavy atom. The molecule has 0 atom stereocenters. The largest absolute Gasteiger partial charge is 0.573 e. The second-order valence-electron chi connectivity index (χ2n) is 8.68. The fraction of sp³-hybridized carbons (Fsp3) is 0.296. The Morgan fingerprint density at radius 1 is 1.03 bits per heavy atom. The van der Waals surface area contributed by atoms with E-state index in [0.717, 1.165) is 28.5 Å². The Labute approximate surface area is 212 Å². The summed E-state index contributed by atoms with van der Waals surface area (Å²) in [7, 11) is 0. The lowest BCUT2D eigenvalue weighted by molar-refractivity contribution is -0.274. The highest BCUT2D eigenvalue weighted by molar-refractivity contribution is 6.00. The molecule has 0 unspecified atom stereocenters. The highest BCUT2D eigenvalue weighted by Gasteiger charge is 2.32. The van der Waals surface area contributed by atoms with Crippen molar-refractivity contribution in [3.8, 4) is 16.9 Å². The number of benzene rings is 2. The van der Waals surface area contributed by atoms with Gasteiger partial charge >= 0.3 is 6.36 Å². The van der Waals surface area contributed by atoms with E-state index in [1.54, 1.807) is 6.20 Å². The smallest absolute Gasteiger partial charge is 0.404 e. The van der Waals surface area contributed by atoms with E-state index in [-0.39, 0.29) is 30.0 Å². The summed E-state index contributed by atoms with van der Waals surface area (Å²) < 4.78 is 48.1. The second kappa shape index (κ2) is 11.5. The molecule has 1 N–H and O–H groups in total. The third kappa shape index (κ3) is 7.61. The molecule has 3 aromatic rings. The van der Waals surface area contributed by atoms with E-state index < -0.39 is 18.0 Å². The van der Waals surface area contributed by atoms with E-state index >= 15 is 0 Å². The molecule has 4 rings (SSSR count). The van der Waals surface area contributed by atoms with Gasteiger partial charge in [-0.3, -0.25) is 19.5 Å². The number of ether oxygens (including phenoxy) is 2. The van der Waals surface area contributed by atoms with Crippen LogP contribution in [0.5, 0.6) is 5.75 Å². The van der Waals surface area contributed by atoms with Gasteiger partial charge in [0.05, 0.1) is 25.4 Å². The maximum absolute atomic E-state index is 13.0. The minimum atomic E-state index is -4.95. The molecular weight excluding hydrogens is 487 g/mol. The highest BCUT2D eigenvalue weighted by atomic mass is 19.4.